The minimum atomic E-state index is -0.0242. The highest BCUT2D eigenvalue weighted by Crippen LogP contribution is 2.26. The predicted molar refractivity (Wildman–Crippen MR) is 57.5 cm³/mol. The number of hydrogen-bond donors (Lipinski definition) is 2. The molecule has 2 N–H and O–H groups in total. The Kier molecular flexibility index (Phi) is 2.30. The fraction of sp³-hybridized carbons (Fsp3) is 0.273. The van der Waals surface area contributed by atoms with Crippen LogP contribution >= 0.6 is 0 Å². The van der Waals surface area contributed by atoms with E-state index in [2.05, 4.69) is 10.6 Å². The number of amides is 1. The Balaban J connectivity index is 2.43. The largest absolute Gasteiger partial charge is 0.380 e. The smallest absolute Gasteiger partial charge is 0.226 e. The Morgan fingerprint density at radius 3 is 3.00 bits per heavy atom. The van der Waals surface area contributed by atoms with Gasteiger partial charge in [0, 0.05) is 12.5 Å². The van der Waals surface area contributed by atoms with E-state index in [0.717, 1.165) is 5.69 Å². The summed E-state index contributed by atoms with van der Waals surface area (Å²) < 4.78 is 0. The van der Waals surface area contributed by atoms with Gasteiger partial charge in [-0.3, -0.25) is 4.79 Å². The number of rotatable bonds is 0. The van der Waals surface area contributed by atoms with E-state index < -0.39 is 0 Å². The van der Waals surface area contributed by atoms with Crippen molar-refractivity contribution in [3.05, 3.63) is 23.8 Å². The third kappa shape index (κ3) is 1.91. The summed E-state index contributed by atoms with van der Waals surface area (Å²) in [6, 6.07) is 7.38. The second-order valence-corrected chi connectivity index (χ2v) is 3.67. The molecule has 1 unspecified atom stereocenters. The number of nitrogens with one attached hydrogen (secondary N) is 2. The Morgan fingerprint density at radius 1 is 1.47 bits per heavy atom. The molecule has 1 atom stereocenters. The zero-order valence-corrected chi connectivity index (χ0v) is 8.37. The van der Waals surface area contributed by atoms with E-state index in [4.69, 9.17) is 5.26 Å². The molecule has 1 aliphatic heterocycles. The van der Waals surface area contributed by atoms with Crippen molar-refractivity contribution in [3.8, 4) is 6.07 Å². The van der Waals surface area contributed by atoms with Crippen LogP contribution in [0.15, 0.2) is 18.2 Å². The molecule has 0 aliphatic carbocycles. The van der Waals surface area contributed by atoms with E-state index in [1.54, 1.807) is 12.1 Å². The molecule has 1 heterocycles. The molecule has 0 saturated heterocycles. The summed E-state index contributed by atoms with van der Waals surface area (Å²) in [5, 5.41) is 14.7. The normalized spacial score (nSPS) is 19.2. The van der Waals surface area contributed by atoms with Crippen molar-refractivity contribution in [1.29, 1.82) is 5.26 Å². The van der Waals surface area contributed by atoms with Crippen LogP contribution in [0.2, 0.25) is 0 Å². The van der Waals surface area contributed by atoms with Gasteiger partial charge in [0.05, 0.1) is 23.0 Å². The second kappa shape index (κ2) is 3.62. The van der Waals surface area contributed by atoms with Crippen molar-refractivity contribution < 1.29 is 4.79 Å². The van der Waals surface area contributed by atoms with Gasteiger partial charge in [-0.2, -0.15) is 5.26 Å². The van der Waals surface area contributed by atoms with Gasteiger partial charge in [-0.1, -0.05) is 0 Å². The van der Waals surface area contributed by atoms with Crippen LogP contribution in [0.4, 0.5) is 11.4 Å². The van der Waals surface area contributed by atoms with Crippen molar-refractivity contribution in [1.82, 2.24) is 0 Å². The molecule has 0 spiro atoms. The number of benzene rings is 1. The first-order chi connectivity index (χ1) is 7.19. The molecule has 1 amide bonds. The van der Waals surface area contributed by atoms with Crippen molar-refractivity contribution in [2.24, 2.45) is 0 Å². The lowest BCUT2D eigenvalue weighted by Gasteiger charge is -2.11. The molecule has 4 heteroatoms. The average molecular weight is 201 g/mol. The van der Waals surface area contributed by atoms with Crippen LogP contribution in [-0.2, 0) is 4.79 Å². The molecule has 1 aromatic carbocycles. The van der Waals surface area contributed by atoms with Crippen LogP contribution in [0.25, 0.3) is 0 Å². The van der Waals surface area contributed by atoms with E-state index in [0.29, 0.717) is 17.7 Å². The molecule has 0 bridgehead atoms. The summed E-state index contributed by atoms with van der Waals surface area (Å²) >= 11 is 0. The topological polar surface area (TPSA) is 64.9 Å². The lowest BCUT2D eigenvalue weighted by atomic mass is 10.2. The van der Waals surface area contributed by atoms with Gasteiger partial charge in [-0.15, -0.1) is 0 Å². The minimum Gasteiger partial charge on any atom is -0.380 e. The van der Waals surface area contributed by atoms with E-state index in [1.165, 1.54) is 0 Å². The summed E-state index contributed by atoms with van der Waals surface area (Å²) in [5.41, 5.74) is 2.10. The maximum Gasteiger partial charge on any atom is 0.226 e. The SMILES string of the molecule is CC1CC(=O)Nc2cc(C#N)ccc2N1. The summed E-state index contributed by atoms with van der Waals surface area (Å²) in [6.07, 6.45) is 0.441. The van der Waals surface area contributed by atoms with Gasteiger partial charge in [0.25, 0.3) is 0 Å². The zero-order chi connectivity index (χ0) is 10.8. The lowest BCUT2D eigenvalue weighted by Crippen LogP contribution is -2.18. The number of fused-ring (bicyclic) bond motifs is 1. The molecular weight excluding hydrogens is 190 g/mol. The monoisotopic (exact) mass is 201 g/mol. The van der Waals surface area contributed by atoms with Gasteiger partial charge in [0.15, 0.2) is 0 Å². The number of carbonyl (C=O) groups excluding carboxylic acids is 1. The van der Waals surface area contributed by atoms with E-state index in [9.17, 15) is 4.79 Å². The molecule has 0 saturated carbocycles. The van der Waals surface area contributed by atoms with Crippen LogP contribution < -0.4 is 10.6 Å². The molecule has 0 aromatic heterocycles. The van der Waals surface area contributed by atoms with Gasteiger partial charge in [-0.05, 0) is 25.1 Å². The summed E-state index contributed by atoms with van der Waals surface area (Å²) in [4.78, 5) is 11.4. The van der Waals surface area contributed by atoms with Crippen molar-refractivity contribution >= 4 is 17.3 Å². The van der Waals surface area contributed by atoms with Gasteiger partial charge in [0.2, 0.25) is 5.91 Å². The zero-order valence-electron chi connectivity index (χ0n) is 8.37. The van der Waals surface area contributed by atoms with Crippen LogP contribution in [0, 0.1) is 11.3 Å². The first kappa shape index (κ1) is 9.53. The maximum absolute atomic E-state index is 11.4. The molecule has 2 rings (SSSR count). The lowest BCUT2D eigenvalue weighted by molar-refractivity contribution is -0.116. The summed E-state index contributed by atoms with van der Waals surface area (Å²) in [7, 11) is 0. The molecular formula is C11H11N3O. The molecule has 0 fully saturated rings. The van der Waals surface area contributed by atoms with E-state index >= 15 is 0 Å². The van der Waals surface area contributed by atoms with E-state index in [-0.39, 0.29) is 11.9 Å². The molecule has 76 valence electrons. The molecule has 4 nitrogen and oxygen atoms in total. The highest BCUT2D eigenvalue weighted by Gasteiger charge is 2.17. The number of carbonyl (C=O) groups is 1. The van der Waals surface area contributed by atoms with Crippen LogP contribution in [0.3, 0.4) is 0 Å². The second-order valence-electron chi connectivity index (χ2n) is 3.67. The first-order valence-electron chi connectivity index (χ1n) is 4.79. The molecule has 0 radical (unpaired) electrons. The number of anilines is 2. The summed E-state index contributed by atoms with van der Waals surface area (Å²) in [6.45, 7) is 1.95. The Morgan fingerprint density at radius 2 is 2.27 bits per heavy atom. The highest BCUT2D eigenvalue weighted by atomic mass is 16.1. The van der Waals surface area contributed by atoms with E-state index in [1.807, 2.05) is 19.1 Å². The third-order valence-electron chi connectivity index (χ3n) is 2.32. The van der Waals surface area contributed by atoms with Crippen molar-refractivity contribution in [2.75, 3.05) is 10.6 Å². The third-order valence-corrected chi connectivity index (χ3v) is 2.32. The molecule has 15 heavy (non-hydrogen) atoms. The first-order valence-corrected chi connectivity index (χ1v) is 4.79. The summed E-state index contributed by atoms with van der Waals surface area (Å²) in [5.74, 6) is -0.0242. The van der Waals surface area contributed by atoms with Crippen LogP contribution in [-0.4, -0.2) is 11.9 Å². The fourth-order valence-corrected chi connectivity index (χ4v) is 1.64. The molecule has 1 aromatic rings. The van der Waals surface area contributed by atoms with Gasteiger partial charge in [-0.25, -0.2) is 0 Å². The minimum absolute atomic E-state index is 0.0242. The van der Waals surface area contributed by atoms with Crippen molar-refractivity contribution in [2.45, 2.75) is 19.4 Å². The number of hydrogen-bond acceptors (Lipinski definition) is 3. The standard InChI is InChI=1S/C11H11N3O/c1-7-4-11(15)14-10-5-8(6-12)2-3-9(10)13-7/h2-3,5,7,13H,4H2,1H3,(H,14,15). The Bertz CT molecular complexity index is 448. The quantitative estimate of drug-likeness (QED) is 0.671. The van der Waals surface area contributed by atoms with Gasteiger partial charge >= 0.3 is 0 Å². The van der Waals surface area contributed by atoms with Gasteiger partial charge in [0.1, 0.15) is 0 Å². The fourth-order valence-electron chi connectivity index (χ4n) is 1.64. The predicted octanol–water partition coefficient (Wildman–Crippen LogP) is 1.70. The Labute approximate surface area is 87.9 Å². The molecule has 1 aliphatic rings. The van der Waals surface area contributed by atoms with Crippen LogP contribution in [0.5, 0.6) is 0 Å². The maximum atomic E-state index is 11.4. The highest BCUT2D eigenvalue weighted by molar-refractivity contribution is 5.96. The number of nitriles is 1. The Hall–Kier alpha value is -2.02. The van der Waals surface area contributed by atoms with Crippen molar-refractivity contribution in [3.63, 3.8) is 0 Å². The van der Waals surface area contributed by atoms with Gasteiger partial charge < -0.3 is 10.6 Å². The average Bonchev–Trinajstić information content (AvgIpc) is 2.33. The number of nitrogens with zero attached hydrogens (tertiary/aromatic N) is 1. The van der Waals surface area contributed by atoms with Crippen LogP contribution in [0.1, 0.15) is 18.9 Å².